The molecule has 0 saturated carbocycles. The van der Waals surface area contributed by atoms with Gasteiger partial charge < -0.3 is 16.9 Å². The van der Waals surface area contributed by atoms with Gasteiger partial charge in [-0.25, -0.2) is 0 Å². The molecule has 0 radical (unpaired) electrons. The number of rotatable bonds is 12. The molecular formula is C19H40ClN. The first kappa shape index (κ1) is 21.2. The van der Waals surface area contributed by atoms with Crippen molar-refractivity contribution in [3.05, 3.63) is 0 Å². The molecule has 1 fully saturated rings. The Kier molecular flexibility index (Phi) is 14.0. The van der Waals surface area contributed by atoms with Crippen molar-refractivity contribution in [2.75, 3.05) is 26.2 Å². The Morgan fingerprint density at radius 2 is 1.05 bits per heavy atom. The molecule has 2 heteroatoms. The van der Waals surface area contributed by atoms with Crippen molar-refractivity contribution in [3.8, 4) is 0 Å². The average molecular weight is 318 g/mol. The highest BCUT2D eigenvalue weighted by atomic mass is 35.5. The van der Waals surface area contributed by atoms with Crippen LogP contribution in [-0.4, -0.2) is 30.7 Å². The fraction of sp³-hybridized carbons (Fsp3) is 1.00. The fourth-order valence-corrected chi connectivity index (χ4v) is 3.82. The SMILES string of the molecule is CCCCCCCCCC[N+]1(CCCC)CCCCC1.[Cl-]. The number of piperidine rings is 1. The first-order valence-corrected chi connectivity index (χ1v) is 9.68. The van der Waals surface area contributed by atoms with Gasteiger partial charge in [-0.3, -0.25) is 0 Å². The van der Waals surface area contributed by atoms with Crippen LogP contribution in [0.25, 0.3) is 0 Å². The molecule has 0 N–H and O–H groups in total. The summed E-state index contributed by atoms with van der Waals surface area (Å²) in [5.74, 6) is 0. The molecule has 21 heavy (non-hydrogen) atoms. The molecule has 128 valence electrons. The topological polar surface area (TPSA) is 0 Å². The van der Waals surface area contributed by atoms with Gasteiger partial charge in [-0.05, 0) is 38.5 Å². The second kappa shape index (κ2) is 13.9. The lowest BCUT2D eigenvalue weighted by atomic mass is 10.0. The number of nitrogens with zero attached hydrogens (tertiary/aromatic N) is 1. The number of quaternary nitrogens is 1. The summed E-state index contributed by atoms with van der Waals surface area (Å²) in [4.78, 5) is 0. The lowest BCUT2D eigenvalue weighted by Gasteiger charge is -2.42. The zero-order valence-electron chi connectivity index (χ0n) is 14.8. The Labute approximate surface area is 140 Å². The predicted octanol–water partition coefficient (Wildman–Crippen LogP) is 2.93. The Hall–Kier alpha value is 0.250. The molecule has 0 atom stereocenters. The van der Waals surface area contributed by atoms with E-state index >= 15 is 0 Å². The first-order valence-electron chi connectivity index (χ1n) is 9.68. The van der Waals surface area contributed by atoms with Gasteiger partial charge in [-0.2, -0.15) is 0 Å². The predicted molar refractivity (Wildman–Crippen MR) is 91.1 cm³/mol. The quantitative estimate of drug-likeness (QED) is 0.383. The highest BCUT2D eigenvalue weighted by Gasteiger charge is 2.28. The Morgan fingerprint density at radius 1 is 0.571 bits per heavy atom. The summed E-state index contributed by atoms with van der Waals surface area (Å²) in [5.41, 5.74) is 0. The van der Waals surface area contributed by atoms with Crippen LogP contribution in [0, 0.1) is 0 Å². The Bertz CT molecular complexity index is 212. The Balaban J connectivity index is 0.00000400. The minimum absolute atomic E-state index is 0. The van der Waals surface area contributed by atoms with Crippen LogP contribution in [0.4, 0.5) is 0 Å². The molecule has 0 aromatic carbocycles. The van der Waals surface area contributed by atoms with Gasteiger partial charge in [0.15, 0.2) is 0 Å². The molecule has 0 aromatic heterocycles. The van der Waals surface area contributed by atoms with E-state index in [-0.39, 0.29) is 12.4 Å². The molecule has 0 aliphatic carbocycles. The lowest BCUT2D eigenvalue weighted by Crippen LogP contribution is -3.00. The van der Waals surface area contributed by atoms with E-state index < -0.39 is 0 Å². The number of hydrogen-bond donors (Lipinski definition) is 0. The van der Waals surface area contributed by atoms with Crippen LogP contribution >= 0.6 is 0 Å². The largest absolute Gasteiger partial charge is 1.00 e. The van der Waals surface area contributed by atoms with Crippen molar-refractivity contribution in [3.63, 3.8) is 0 Å². The van der Waals surface area contributed by atoms with Gasteiger partial charge in [0.2, 0.25) is 0 Å². The Morgan fingerprint density at radius 3 is 1.62 bits per heavy atom. The van der Waals surface area contributed by atoms with Gasteiger partial charge in [0.25, 0.3) is 0 Å². The van der Waals surface area contributed by atoms with Crippen molar-refractivity contribution in [2.45, 2.75) is 97.3 Å². The van der Waals surface area contributed by atoms with E-state index in [0.29, 0.717) is 0 Å². The van der Waals surface area contributed by atoms with Gasteiger partial charge >= 0.3 is 0 Å². The van der Waals surface area contributed by atoms with Gasteiger partial charge in [0.05, 0.1) is 26.2 Å². The minimum atomic E-state index is 0. The molecule has 0 unspecified atom stereocenters. The zero-order valence-corrected chi connectivity index (χ0v) is 15.6. The number of unbranched alkanes of at least 4 members (excludes halogenated alkanes) is 8. The van der Waals surface area contributed by atoms with E-state index in [1.54, 1.807) is 0 Å². The summed E-state index contributed by atoms with van der Waals surface area (Å²) in [6.07, 6.45) is 19.0. The maximum absolute atomic E-state index is 2.34. The van der Waals surface area contributed by atoms with Gasteiger partial charge in [-0.1, -0.05) is 58.8 Å². The fourth-order valence-electron chi connectivity index (χ4n) is 3.82. The second-order valence-corrected chi connectivity index (χ2v) is 7.13. The van der Waals surface area contributed by atoms with E-state index in [4.69, 9.17) is 0 Å². The maximum atomic E-state index is 2.34. The highest BCUT2D eigenvalue weighted by Crippen LogP contribution is 2.22. The molecule has 1 aliphatic rings. The number of hydrogen-bond acceptors (Lipinski definition) is 0. The summed E-state index contributed by atoms with van der Waals surface area (Å²) in [6, 6.07) is 0. The summed E-state index contributed by atoms with van der Waals surface area (Å²) in [6.45, 7) is 10.6. The van der Waals surface area contributed by atoms with Gasteiger partial charge in [0.1, 0.15) is 0 Å². The summed E-state index contributed by atoms with van der Waals surface area (Å²) in [5, 5.41) is 0. The van der Waals surface area contributed by atoms with Crippen LogP contribution in [-0.2, 0) is 0 Å². The molecule has 1 rings (SSSR count). The summed E-state index contributed by atoms with van der Waals surface area (Å²) < 4.78 is 1.48. The van der Waals surface area contributed by atoms with Crippen LogP contribution < -0.4 is 12.4 Å². The smallest absolute Gasteiger partial charge is 0.0786 e. The first-order chi connectivity index (χ1) is 9.83. The van der Waals surface area contributed by atoms with E-state index in [1.807, 2.05) is 0 Å². The number of halogens is 1. The molecule has 1 saturated heterocycles. The molecule has 0 bridgehead atoms. The zero-order chi connectivity index (χ0) is 14.5. The molecule has 1 nitrogen and oxygen atoms in total. The standard InChI is InChI=1S/C19H40N.ClH/c1-3-5-7-8-9-10-11-13-17-20(16-6-4-2)18-14-12-15-19-20;/h3-19H2,1-2H3;1H/q+1;/p-1. The van der Waals surface area contributed by atoms with Gasteiger partial charge in [0, 0.05) is 0 Å². The van der Waals surface area contributed by atoms with Crippen molar-refractivity contribution < 1.29 is 16.9 Å². The third-order valence-corrected chi connectivity index (χ3v) is 5.24. The lowest BCUT2D eigenvalue weighted by molar-refractivity contribution is -0.932. The third-order valence-electron chi connectivity index (χ3n) is 5.24. The highest BCUT2D eigenvalue weighted by molar-refractivity contribution is 4.56. The normalized spacial score (nSPS) is 17.4. The van der Waals surface area contributed by atoms with E-state index in [2.05, 4.69) is 13.8 Å². The molecule has 0 amide bonds. The summed E-state index contributed by atoms with van der Waals surface area (Å²) in [7, 11) is 0. The third kappa shape index (κ3) is 9.79. The van der Waals surface area contributed by atoms with E-state index in [0.717, 1.165) is 0 Å². The van der Waals surface area contributed by atoms with Crippen molar-refractivity contribution >= 4 is 0 Å². The molecule has 1 aliphatic heterocycles. The van der Waals surface area contributed by atoms with Crippen LogP contribution in [0.3, 0.4) is 0 Å². The maximum Gasteiger partial charge on any atom is 0.0786 e. The average Bonchev–Trinajstić information content (AvgIpc) is 2.49. The van der Waals surface area contributed by atoms with Crippen LogP contribution in [0.1, 0.15) is 97.3 Å². The monoisotopic (exact) mass is 317 g/mol. The molecular weight excluding hydrogens is 278 g/mol. The summed E-state index contributed by atoms with van der Waals surface area (Å²) >= 11 is 0. The van der Waals surface area contributed by atoms with Gasteiger partial charge in [-0.15, -0.1) is 0 Å². The van der Waals surface area contributed by atoms with Crippen molar-refractivity contribution in [2.24, 2.45) is 0 Å². The second-order valence-electron chi connectivity index (χ2n) is 7.13. The molecule has 0 aromatic rings. The van der Waals surface area contributed by atoms with E-state index in [9.17, 15) is 0 Å². The van der Waals surface area contributed by atoms with Crippen LogP contribution in [0.2, 0.25) is 0 Å². The van der Waals surface area contributed by atoms with Crippen LogP contribution in [0.15, 0.2) is 0 Å². The number of likely N-dealkylation sites (tertiary alicyclic amines) is 1. The molecule has 0 spiro atoms. The minimum Gasteiger partial charge on any atom is -1.00 e. The van der Waals surface area contributed by atoms with Crippen LogP contribution in [0.5, 0.6) is 0 Å². The molecule has 1 heterocycles. The van der Waals surface area contributed by atoms with E-state index in [1.165, 1.54) is 114 Å². The van der Waals surface area contributed by atoms with Crippen molar-refractivity contribution in [1.29, 1.82) is 0 Å². The van der Waals surface area contributed by atoms with Crippen molar-refractivity contribution in [1.82, 2.24) is 0 Å².